The molecule has 0 radical (unpaired) electrons. The van der Waals surface area contributed by atoms with Crippen LogP contribution in [0.5, 0.6) is 5.75 Å². The van der Waals surface area contributed by atoms with Crippen molar-refractivity contribution < 1.29 is 19.4 Å². The second-order valence-electron chi connectivity index (χ2n) is 8.37. The molecule has 0 amide bonds. The number of carbonyl (C=O) groups is 1. The molecule has 0 heterocycles. The quantitative estimate of drug-likeness (QED) is 0.298. The lowest BCUT2D eigenvalue weighted by atomic mass is 9.83. The molecule has 4 nitrogen and oxygen atoms in total. The Morgan fingerprint density at radius 1 is 1.03 bits per heavy atom. The number of esters is 1. The molecule has 1 aliphatic carbocycles. The van der Waals surface area contributed by atoms with Gasteiger partial charge in [-0.2, -0.15) is 0 Å². The van der Waals surface area contributed by atoms with Crippen molar-refractivity contribution in [2.24, 2.45) is 0 Å². The summed E-state index contributed by atoms with van der Waals surface area (Å²) < 4.78 is 11.1. The summed E-state index contributed by atoms with van der Waals surface area (Å²) in [5, 5.41) is 9.21. The summed E-state index contributed by atoms with van der Waals surface area (Å²) in [6.07, 6.45) is 8.05. The highest BCUT2D eigenvalue weighted by Gasteiger charge is 2.15. The molecule has 3 rings (SSSR count). The maximum Gasteiger partial charge on any atom is 0.333 e. The van der Waals surface area contributed by atoms with Crippen LogP contribution in [0.4, 0.5) is 0 Å². The minimum absolute atomic E-state index is 0.139. The predicted molar refractivity (Wildman–Crippen MR) is 124 cm³/mol. The van der Waals surface area contributed by atoms with Gasteiger partial charge in [0, 0.05) is 12.2 Å². The molecule has 4 heteroatoms. The number of hydrogen-bond donors (Lipinski definition) is 1. The number of hydrogen-bond acceptors (Lipinski definition) is 4. The van der Waals surface area contributed by atoms with Crippen LogP contribution in [-0.4, -0.2) is 30.9 Å². The predicted octanol–water partition coefficient (Wildman–Crippen LogP) is 5.82. The molecule has 1 fully saturated rings. The van der Waals surface area contributed by atoms with E-state index in [2.05, 4.69) is 43.0 Å². The van der Waals surface area contributed by atoms with E-state index < -0.39 is 5.97 Å². The van der Waals surface area contributed by atoms with E-state index in [1.807, 2.05) is 6.07 Å². The minimum Gasteiger partial charge on any atom is -0.490 e. The van der Waals surface area contributed by atoms with Crippen LogP contribution >= 0.6 is 0 Å². The fraction of sp³-hybridized carbons (Fsp3) is 0.444. The van der Waals surface area contributed by atoms with Crippen molar-refractivity contribution in [2.75, 3.05) is 19.8 Å². The van der Waals surface area contributed by atoms with Gasteiger partial charge in [0.05, 0.1) is 0 Å². The van der Waals surface area contributed by atoms with Crippen molar-refractivity contribution in [3.8, 4) is 16.9 Å². The van der Waals surface area contributed by atoms with Gasteiger partial charge in [-0.1, -0.05) is 62.2 Å². The summed E-state index contributed by atoms with van der Waals surface area (Å²) in [5.41, 5.74) is 5.12. The average Bonchev–Trinajstić information content (AvgIpc) is 2.81. The fourth-order valence-corrected chi connectivity index (χ4v) is 4.14. The Hall–Kier alpha value is -2.59. The third-order valence-electron chi connectivity index (χ3n) is 5.91. The fourth-order valence-electron chi connectivity index (χ4n) is 4.14. The lowest BCUT2D eigenvalue weighted by Gasteiger charge is -2.22. The van der Waals surface area contributed by atoms with Crippen LogP contribution in [0.15, 0.2) is 54.6 Å². The smallest absolute Gasteiger partial charge is 0.333 e. The SMILES string of the molecule is C=C(C)C(=O)OCCOc1cc(-c2ccc(C3CCCCC3)cc2)ccc1CCCO. The maximum atomic E-state index is 11.5. The molecular weight excluding hydrogens is 388 g/mol. The molecule has 166 valence electrons. The van der Waals surface area contributed by atoms with Crippen LogP contribution in [0.1, 0.15) is 62.5 Å². The van der Waals surface area contributed by atoms with Gasteiger partial charge in [-0.3, -0.25) is 0 Å². The third-order valence-corrected chi connectivity index (χ3v) is 5.91. The molecule has 0 aromatic heterocycles. The van der Waals surface area contributed by atoms with Gasteiger partial charge in [-0.15, -0.1) is 0 Å². The largest absolute Gasteiger partial charge is 0.490 e. The molecule has 0 spiro atoms. The second-order valence-corrected chi connectivity index (χ2v) is 8.37. The monoisotopic (exact) mass is 422 g/mol. The summed E-state index contributed by atoms with van der Waals surface area (Å²) in [6.45, 7) is 5.79. The molecule has 0 atom stereocenters. The van der Waals surface area contributed by atoms with Crippen LogP contribution in [0.3, 0.4) is 0 Å². The Balaban J connectivity index is 1.70. The Morgan fingerprint density at radius 3 is 2.42 bits per heavy atom. The van der Waals surface area contributed by atoms with Crippen LogP contribution in [-0.2, 0) is 16.0 Å². The Bertz CT molecular complexity index is 863. The summed E-state index contributed by atoms with van der Waals surface area (Å²) in [4.78, 5) is 11.5. The number of aliphatic hydroxyl groups is 1. The molecular formula is C27H34O4. The first-order chi connectivity index (χ1) is 15.1. The average molecular weight is 423 g/mol. The van der Waals surface area contributed by atoms with E-state index in [1.165, 1.54) is 37.7 Å². The van der Waals surface area contributed by atoms with Gasteiger partial charge in [0.15, 0.2) is 0 Å². The Morgan fingerprint density at radius 2 is 1.74 bits per heavy atom. The first-order valence-corrected chi connectivity index (χ1v) is 11.4. The topological polar surface area (TPSA) is 55.8 Å². The summed E-state index contributed by atoms with van der Waals surface area (Å²) >= 11 is 0. The zero-order chi connectivity index (χ0) is 22.1. The van der Waals surface area contributed by atoms with E-state index in [0.717, 1.165) is 28.9 Å². The van der Waals surface area contributed by atoms with Crippen molar-refractivity contribution >= 4 is 5.97 Å². The van der Waals surface area contributed by atoms with E-state index in [4.69, 9.17) is 9.47 Å². The van der Waals surface area contributed by atoms with Gasteiger partial charge in [0.25, 0.3) is 0 Å². The molecule has 2 aromatic carbocycles. The zero-order valence-corrected chi connectivity index (χ0v) is 18.6. The lowest BCUT2D eigenvalue weighted by Crippen LogP contribution is -2.13. The van der Waals surface area contributed by atoms with E-state index in [1.54, 1.807) is 6.92 Å². The van der Waals surface area contributed by atoms with Crippen molar-refractivity contribution in [3.05, 3.63) is 65.7 Å². The number of ether oxygens (including phenoxy) is 2. The standard InChI is InChI=1S/C27H34O4/c1-20(2)27(29)31-18-17-30-26-19-25(15-14-24(26)9-6-16-28)23-12-10-22(11-13-23)21-7-4-3-5-8-21/h10-15,19,21,28H,1,3-9,16-18H2,2H3. The van der Waals surface area contributed by atoms with Crippen LogP contribution in [0.2, 0.25) is 0 Å². The molecule has 1 saturated carbocycles. The highest BCUT2D eigenvalue weighted by molar-refractivity contribution is 5.86. The number of aryl methyl sites for hydroxylation is 1. The second kappa shape index (κ2) is 11.7. The molecule has 2 aromatic rings. The first-order valence-electron chi connectivity index (χ1n) is 11.4. The van der Waals surface area contributed by atoms with Gasteiger partial charge in [0.1, 0.15) is 19.0 Å². The van der Waals surface area contributed by atoms with E-state index in [-0.39, 0.29) is 19.8 Å². The van der Waals surface area contributed by atoms with Crippen molar-refractivity contribution in [1.82, 2.24) is 0 Å². The Labute approximate surface area is 185 Å². The van der Waals surface area contributed by atoms with E-state index >= 15 is 0 Å². The normalized spacial score (nSPS) is 14.3. The van der Waals surface area contributed by atoms with Crippen LogP contribution < -0.4 is 4.74 Å². The van der Waals surface area contributed by atoms with Crippen LogP contribution in [0.25, 0.3) is 11.1 Å². The summed E-state index contributed by atoms with van der Waals surface area (Å²) in [6, 6.07) is 15.1. The van der Waals surface area contributed by atoms with E-state index in [0.29, 0.717) is 17.9 Å². The van der Waals surface area contributed by atoms with Crippen molar-refractivity contribution in [3.63, 3.8) is 0 Å². The molecule has 1 aliphatic rings. The van der Waals surface area contributed by atoms with Gasteiger partial charge in [-0.05, 0) is 66.8 Å². The number of carbonyl (C=O) groups excluding carboxylic acids is 1. The van der Waals surface area contributed by atoms with Crippen molar-refractivity contribution in [1.29, 1.82) is 0 Å². The van der Waals surface area contributed by atoms with Gasteiger partial charge in [-0.25, -0.2) is 4.79 Å². The van der Waals surface area contributed by atoms with E-state index in [9.17, 15) is 9.90 Å². The Kier molecular flexibility index (Phi) is 8.72. The number of aliphatic hydroxyl groups excluding tert-OH is 1. The molecule has 0 aliphatic heterocycles. The highest BCUT2D eigenvalue weighted by atomic mass is 16.6. The van der Waals surface area contributed by atoms with Crippen molar-refractivity contribution in [2.45, 2.75) is 57.8 Å². The van der Waals surface area contributed by atoms with Gasteiger partial charge >= 0.3 is 5.97 Å². The summed E-state index contributed by atoms with van der Waals surface area (Å²) in [5.74, 6) is 1.06. The maximum absolute atomic E-state index is 11.5. The van der Waals surface area contributed by atoms with Gasteiger partial charge < -0.3 is 14.6 Å². The number of benzene rings is 2. The minimum atomic E-state index is -0.407. The summed E-state index contributed by atoms with van der Waals surface area (Å²) in [7, 11) is 0. The molecule has 1 N–H and O–H groups in total. The molecule has 31 heavy (non-hydrogen) atoms. The zero-order valence-electron chi connectivity index (χ0n) is 18.6. The van der Waals surface area contributed by atoms with Gasteiger partial charge in [0.2, 0.25) is 0 Å². The molecule has 0 bridgehead atoms. The number of rotatable bonds is 10. The van der Waals surface area contributed by atoms with Crippen LogP contribution in [0, 0.1) is 0 Å². The molecule has 0 saturated heterocycles. The molecule has 0 unspecified atom stereocenters. The first kappa shape index (κ1) is 23.1. The third kappa shape index (κ3) is 6.70. The highest BCUT2D eigenvalue weighted by Crippen LogP contribution is 2.34. The lowest BCUT2D eigenvalue weighted by molar-refractivity contribution is -0.139.